The van der Waals surface area contributed by atoms with E-state index in [1.54, 1.807) is 13.8 Å². The van der Waals surface area contributed by atoms with Gasteiger partial charge in [-0.25, -0.2) is 9.59 Å². The van der Waals surface area contributed by atoms with E-state index in [0.717, 1.165) is 0 Å². The van der Waals surface area contributed by atoms with Gasteiger partial charge in [0, 0.05) is 0 Å². The lowest BCUT2D eigenvalue weighted by molar-refractivity contribution is -0.143. The van der Waals surface area contributed by atoms with Crippen molar-refractivity contribution in [2.45, 2.75) is 13.8 Å². The summed E-state index contributed by atoms with van der Waals surface area (Å²) >= 11 is 0. The van der Waals surface area contributed by atoms with Crippen molar-refractivity contribution in [2.24, 2.45) is 11.1 Å². The van der Waals surface area contributed by atoms with Crippen LogP contribution in [0.1, 0.15) is 13.8 Å². The maximum absolute atomic E-state index is 11.0. The molecule has 5 nitrogen and oxygen atoms in total. The van der Waals surface area contributed by atoms with Crippen molar-refractivity contribution >= 4 is 17.7 Å². The van der Waals surface area contributed by atoms with E-state index in [2.05, 4.69) is 14.7 Å². The van der Waals surface area contributed by atoms with Gasteiger partial charge in [0.15, 0.2) is 5.71 Å². The van der Waals surface area contributed by atoms with Gasteiger partial charge in [-0.2, -0.15) is 0 Å². The maximum atomic E-state index is 11.0. The van der Waals surface area contributed by atoms with Crippen LogP contribution >= 0.6 is 0 Å². The van der Waals surface area contributed by atoms with Gasteiger partial charge in [-0.05, 0) is 13.8 Å². The number of rotatable bonds is 2. The summed E-state index contributed by atoms with van der Waals surface area (Å²) < 4.78 is 4.64. The lowest BCUT2D eigenvalue weighted by atomic mass is 10.1. The van der Waals surface area contributed by atoms with E-state index in [1.807, 2.05) is 0 Å². The van der Waals surface area contributed by atoms with Crippen molar-refractivity contribution in [1.29, 1.82) is 0 Å². The highest BCUT2D eigenvalue weighted by atomic mass is 16.7. The van der Waals surface area contributed by atoms with Crippen LogP contribution < -0.4 is 0 Å². The van der Waals surface area contributed by atoms with Crippen LogP contribution in [0.5, 0.6) is 0 Å². The molecule has 1 rings (SSSR count). The highest BCUT2D eigenvalue weighted by molar-refractivity contribution is 6.41. The van der Waals surface area contributed by atoms with Gasteiger partial charge in [0.05, 0.1) is 6.61 Å². The average molecular weight is 171 g/mol. The number of esters is 1. The van der Waals surface area contributed by atoms with Gasteiger partial charge >= 0.3 is 11.9 Å². The van der Waals surface area contributed by atoms with Crippen molar-refractivity contribution in [3.05, 3.63) is 0 Å². The Labute approximate surface area is 69.3 Å². The van der Waals surface area contributed by atoms with Gasteiger partial charge in [-0.1, -0.05) is 5.16 Å². The number of hydrogen-bond acceptors (Lipinski definition) is 5. The molecule has 12 heavy (non-hydrogen) atoms. The van der Waals surface area contributed by atoms with Crippen molar-refractivity contribution < 1.29 is 19.2 Å². The van der Waals surface area contributed by atoms with Crippen LogP contribution in [-0.4, -0.2) is 24.3 Å². The Hall–Kier alpha value is -1.39. The fourth-order valence-electron chi connectivity index (χ4n) is 0.783. The fraction of sp³-hybridized carbons (Fsp3) is 0.571. The largest absolute Gasteiger partial charge is 0.461 e. The fourth-order valence-corrected chi connectivity index (χ4v) is 0.783. The zero-order valence-electron chi connectivity index (χ0n) is 6.86. The monoisotopic (exact) mass is 171 g/mol. The molecular weight excluding hydrogens is 162 g/mol. The van der Waals surface area contributed by atoms with E-state index in [-0.39, 0.29) is 12.3 Å². The molecule has 1 aliphatic heterocycles. The molecule has 0 aromatic carbocycles. The lowest BCUT2D eigenvalue weighted by Gasteiger charge is -2.00. The third kappa shape index (κ3) is 1.44. The van der Waals surface area contributed by atoms with Crippen LogP contribution in [0.2, 0.25) is 0 Å². The SMILES string of the molecule is CCOC(=O)C1=NOC(=O)C1C. The highest BCUT2D eigenvalue weighted by Crippen LogP contribution is 2.11. The number of carbonyl (C=O) groups excluding carboxylic acids is 2. The lowest BCUT2D eigenvalue weighted by Crippen LogP contribution is -2.24. The third-order valence-corrected chi connectivity index (χ3v) is 1.48. The van der Waals surface area contributed by atoms with Crippen molar-refractivity contribution in [3.8, 4) is 0 Å². The number of carbonyl (C=O) groups is 2. The van der Waals surface area contributed by atoms with Crippen molar-refractivity contribution in [2.75, 3.05) is 6.61 Å². The molecule has 0 spiro atoms. The molecule has 0 saturated heterocycles. The summed E-state index contributed by atoms with van der Waals surface area (Å²) in [5.41, 5.74) is 0.0434. The molecule has 5 heteroatoms. The predicted octanol–water partition coefficient (Wildman–Crippen LogP) is 0.0984. The minimum Gasteiger partial charge on any atom is -0.461 e. The minimum absolute atomic E-state index is 0.0434. The molecule has 1 unspecified atom stereocenters. The molecule has 0 radical (unpaired) electrons. The van der Waals surface area contributed by atoms with Gasteiger partial charge < -0.3 is 9.57 Å². The number of oxime groups is 1. The average Bonchev–Trinajstić information content (AvgIpc) is 2.34. The molecule has 0 aromatic rings. The summed E-state index contributed by atoms with van der Waals surface area (Å²) in [5, 5.41) is 3.31. The molecule has 0 N–H and O–H groups in total. The summed E-state index contributed by atoms with van der Waals surface area (Å²) in [7, 11) is 0. The Bertz CT molecular complexity index is 246. The van der Waals surface area contributed by atoms with E-state index in [0.29, 0.717) is 0 Å². The van der Waals surface area contributed by atoms with E-state index in [9.17, 15) is 9.59 Å². The Kier molecular flexibility index (Phi) is 2.42. The van der Waals surface area contributed by atoms with Gasteiger partial charge in [0.2, 0.25) is 0 Å². The molecule has 0 saturated carbocycles. The number of hydrogen-bond donors (Lipinski definition) is 0. The second-order valence-electron chi connectivity index (χ2n) is 2.33. The van der Waals surface area contributed by atoms with Crippen LogP contribution in [-0.2, 0) is 19.2 Å². The van der Waals surface area contributed by atoms with Crippen LogP contribution in [0.15, 0.2) is 5.16 Å². The summed E-state index contributed by atoms with van der Waals surface area (Å²) in [5.74, 6) is -1.71. The van der Waals surface area contributed by atoms with E-state index >= 15 is 0 Å². The van der Waals surface area contributed by atoms with Gasteiger partial charge in [-0.15, -0.1) is 0 Å². The highest BCUT2D eigenvalue weighted by Gasteiger charge is 2.34. The molecular formula is C7H9NO4. The topological polar surface area (TPSA) is 65.0 Å². The Morgan fingerprint density at radius 3 is 2.83 bits per heavy atom. The Balaban J connectivity index is 2.64. The second kappa shape index (κ2) is 3.34. The van der Waals surface area contributed by atoms with Crippen LogP contribution in [0.25, 0.3) is 0 Å². The molecule has 0 fully saturated rings. The molecule has 1 heterocycles. The molecule has 1 aliphatic rings. The molecule has 1 atom stereocenters. The van der Waals surface area contributed by atoms with Crippen molar-refractivity contribution in [3.63, 3.8) is 0 Å². The maximum Gasteiger partial charge on any atom is 0.357 e. The van der Waals surface area contributed by atoms with Crippen molar-refractivity contribution in [1.82, 2.24) is 0 Å². The van der Waals surface area contributed by atoms with E-state index < -0.39 is 17.9 Å². The summed E-state index contributed by atoms with van der Waals surface area (Å²) in [6.07, 6.45) is 0. The second-order valence-corrected chi connectivity index (χ2v) is 2.33. The quantitative estimate of drug-likeness (QED) is 0.436. The Morgan fingerprint density at radius 2 is 2.42 bits per heavy atom. The first-order chi connectivity index (χ1) is 5.66. The normalized spacial score (nSPS) is 21.7. The smallest absolute Gasteiger partial charge is 0.357 e. The van der Waals surface area contributed by atoms with Crippen LogP contribution in [0.3, 0.4) is 0 Å². The van der Waals surface area contributed by atoms with Crippen LogP contribution in [0.4, 0.5) is 0 Å². The van der Waals surface area contributed by atoms with Gasteiger partial charge in [0.1, 0.15) is 5.92 Å². The first-order valence-corrected chi connectivity index (χ1v) is 3.62. The molecule has 66 valence electrons. The summed E-state index contributed by atoms with van der Waals surface area (Å²) in [6, 6.07) is 0. The first kappa shape index (κ1) is 8.70. The molecule has 0 aromatic heterocycles. The summed E-state index contributed by atoms with van der Waals surface area (Å²) in [6.45, 7) is 3.49. The number of ether oxygens (including phenoxy) is 1. The minimum atomic E-state index is -0.607. The first-order valence-electron chi connectivity index (χ1n) is 3.62. The van der Waals surface area contributed by atoms with Crippen LogP contribution in [0, 0.1) is 5.92 Å². The zero-order chi connectivity index (χ0) is 9.14. The molecule has 0 aliphatic carbocycles. The number of nitrogens with zero attached hydrogens (tertiary/aromatic N) is 1. The van der Waals surface area contributed by atoms with Gasteiger partial charge in [-0.3, -0.25) is 0 Å². The zero-order valence-corrected chi connectivity index (χ0v) is 6.86. The summed E-state index contributed by atoms with van der Waals surface area (Å²) in [4.78, 5) is 26.1. The van der Waals surface area contributed by atoms with Gasteiger partial charge in [0.25, 0.3) is 0 Å². The standard InChI is InChI=1S/C7H9NO4/c1-3-11-7(10)5-4(2)6(9)12-8-5/h4H,3H2,1-2H3. The predicted molar refractivity (Wildman–Crippen MR) is 39.3 cm³/mol. The van der Waals surface area contributed by atoms with E-state index in [4.69, 9.17) is 0 Å². The molecule has 0 bridgehead atoms. The third-order valence-electron chi connectivity index (χ3n) is 1.48. The Morgan fingerprint density at radius 1 is 1.75 bits per heavy atom. The van der Waals surface area contributed by atoms with E-state index in [1.165, 1.54) is 0 Å². The molecule has 0 amide bonds.